The van der Waals surface area contributed by atoms with E-state index in [0.717, 1.165) is 34.1 Å². The standard InChI is InChI=1S/C72H93ClFN11O15/c1-5-63(87)82-16-18-83(19-17-82)68-60-48-61(73)64(59-47-56(86)46-53-9-6-7-12-57(53)59)65(74)66(60)77-71(79-68)81(4)20-24-90-28-30-92-32-34-94-36-38-96-40-42-98-44-43-97-41-39-95-37-35-93-33-31-91-29-27-89-23-15-75-70(88)55-11-8-10-54(45-55)62-14-13-58-67(76-62)78-72(85-22-26-100-50-52(85)3)80-69(58)84-21-25-99-49-51(84)2/h5-14,45-48,51-52,86H,1,15-44,49-50H2,2-4H3,(H,75,88)/t51-,52-/m1/s1. The van der Waals surface area contributed by atoms with Gasteiger partial charge in [0, 0.05) is 81.5 Å². The van der Waals surface area contributed by atoms with Gasteiger partial charge in [0.2, 0.25) is 17.8 Å². The number of benzene rings is 4. The van der Waals surface area contributed by atoms with Gasteiger partial charge < -0.3 is 91.8 Å². The highest BCUT2D eigenvalue weighted by Crippen LogP contribution is 2.43. The number of ether oxygens (including phenoxy) is 12. The van der Waals surface area contributed by atoms with Crippen molar-refractivity contribution in [2.45, 2.75) is 25.9 Å². The smallest absolute Gasteiger partial charge is 0.251 e. The Balaban J connectivity index is 0.499. The fourth-order valence-electron chi connectivity index (χ4n) is 11.7. The molecule has 26 nitrogen and oxygen atoms in total. The number of rotatable bonds is 41. The second-order valence-electron chi connectivity index (χ2n) is 24.1. The summed E-state index contributed by atoms with van der Waals surface area (Å²) in [5.41, 5.74) is 3.27. The Morgan fingerprint density at radius 2 is 1.19 bits per heavy atom. The van der Waals surface area contributed by atoms with Crippen molar-refractivity contribution in [3.05, 3.63) is 108 Å². The van der Waals surface area contributed by atoms with Gasteiger partial charge in [0.25, 0.3) is 5.91 Å². The first-order valence-corrected chi connectivity index (χ1v) is 34.7. The van der Waals surface area contributed by atoms with E-state index >= 15 is 4.39 Å². The summed E-state index contributed by atoms with van der Waals surface area (Å²) < 4.78 is 85.0. The van der Waals surface area contributed by atoms with E-state index in [9.17, 15) is 14.7 Å². The summed E-state index contributed by atoms with van der Waals surface area (Å²) in [6, 6.07) is 23.9. The summed E-state index contributed by atoms with van der Waals surface area (Å²) in [6.45, 7) is 22.4. The summed E-state index contributed by atoms with van der Waals surface area (Å²) in [6.07, 6.45) is 1.30. The van der Waals surface area contributed by atoms with Crippen LogP contribution in [0.2, 0.25) is 5.02 Å². The van der Waals surface area contributed by atoms with Crippen molar-refractivity contribution in [3.63, 3.8) is 0 Å². The van der Waals surface area contributed by atoms with Crippen molar-refractivity contribution in [1.82, 2.24) is 35.1 Å². The Hall–Kier alpha value is -7.61. The van der Waals surface area contributed by atoms with Crippen molar-refractivity contribution in [3.8, 4) is 28.1 Å². The molecule has 0 spiro atoms. The van der Waals surface area contributed by atoms with Crippen LogP contribution in [0.4, 0.5) is 27.9 Å². The lowest BCUT2D eigenvalue weighted by Crippen LogP contribution is -2.48. The van der Waals surface area contributed by atoms with Crippen molar-refractivity contribution < 1.29 is 75.9 Å². The van der Waals surface area contributed by atoms with E-state index < -0.39 is 5.82 Å². The minimum atomic E-state index is -0.639. The summed E-state index contributed by atoms with van der Waals surface area (Å²) in [4.78, 5) is 60.3. The lowest BCUT2D eigenvalue weighted by Gasteiger charge is -2.37. The Morgan fingerprint density at radius 1 is 0.620 bits per heavy atom. The zero-order valence-corrected chi connectivity index (χ0v) is 58.2. The number of phenolic OH excluding ortho intramolecular Hbond substituents is 1. The van der Waals surface area contributed by atoms with Crippen LogP contribution >= 0.6 is 11.6 Å². The molecule has 3 fully saturated rings. The molecule has 100 heavy (non-hydrogen) atoms. The minimum absolute atomic E-state index is 0.0194. The molecule has 0 unspecified atom stereocenters. The van der Waals surface area contributed by atoms with Gasteiger partial charge in [0.05, 0.1) is 187 Å². The highest BCUT2D eigenvalue weighted by Gasteiger charge is 2.30. The van der Waals surface area contributed by atoms with Gasteiger partial charge in [-0.15, -0.1) is 0 Å². The lowest BCUT2D eigenvalue weighted by atomic mass is 9.96. The van der Waals surface area contributed by atoms with Crippen molar-refractivity contribution in [2.24, 2.45) is 0 Å². The third kappa shape index (κ3) is 21.2. The lowest BCUT2D eigenvalue weighted by molar-refractivity contribution is -0.126. The predicted octanol–water partition coefficient (Wildman–Crippen LogP) is 7.27. The highest BCUT2D eigenvalue weighted by molar-refractivity contribution is 6.35. The third-order valence-corrected chi connectivity index (χ3v) is 17.3. The Kier molecular flexibility index (Phi) is 29.7. The Morgan fingerprint density at radius 3 is 1.78 bits per heavy atom. The number of halogens is 2. The molecule has 10 rings (SSSR count). The maximum Gasteiger partial charge on any atom is 0.251 e. The first-order valence-electron chi connectivity index (χ1n) is 34.3. The van der Waals surface area contributed by atoms with E-state index in [4.69, 9.17) is 93.4 Å². The van der Waals surface area contributed by atoms with Crippen molar-refractivity contribution in [1.29, 1.82) is 0 Å². The van der Waals surface area contributed by atoms with Gasteiger partial charge in [0.15, 0.2) is 11.5 Å². The Bertz CT molecular complexity index is 3770. The molecular formula is C72H93ClFN11O15. The Labute approximate surface area is 587 Å². The number of likely N-dealkylation sites (N-methyl/N-ethyl adjacent to an activating group) is 1. The molecule has 0 radical (unpaired) electrons. The number of carbonyl (C=O) groups is 2. The van der Waals surface area contributed by atoms with Gasteiger partial charge in [-0.3, -0.25) is 9.59 Å². The molecule has 3 aliphatic rings. The first kappa shape index (κ1) is 75.1. The first-order chi connectivity index (χ1) is 48.9. The summed E-state index contributed by atoms with van der Waals surface area (Å²) in [5, 5.41) is 16.5. The highest BCUT2D eigenvalue weighted by atomic mass is 35.5. The van der Waals surface area contributed by atoms with Crippen LogP contribution in [0.3, 0.4) is 0 Å². The molecular weight excluding hydrogens is 1310 g/mol. The van der Waals surface area contributed by atoms with Crippen LogP contribution in [0.15, 0.2) is 91.5 Å². The number of aromatic hydroxyl groups is 1. The zero-order chi connectivity index (χ0) is 69.8. The maximum absolute atomic E-state index is 17.0. The van der Waals surface area contributed by atoms with Crippen LogP contribution in [0.1, 0.15) is 24.2 Å². The quantitative estimate of drug-likeness (QED) is 0.0282. The summed E-state index contributed by atoms with van der Waals surface area (Å²) >= 11 is 6.91. The molecule has 0 bridgehead atoms. The van der Waals surface area contributed by atoms with Gasteiger partial charge in [0.1, 0.15) is 22.9 Å². The average Bonchev–Trinajstić information content (AvgIpc) is 0.751. The van der Waals surface area contributed by atoms with E-state index in [1.807, 2.05) is 66.5 Å². The molecule has 4 aromatic carbocycles. The number of piperazine rings is 1. The number of phenols is 1. The normalized spacial score (nSPS) is 15.9. The van der Waals surface area contributed by atoms with Crippen LogP contribution in [-0.4, -0.2) is 277 Å². The molecule has 2 N–H and O–H groups in total. The number of nitrogens with zero attached hydrogens (tertiary/aromatic N) is 10. The van der Waals surface area contributed by atoms with E-state index in [2.05, 4.69) is 35.5 Å². The van der Waals surface area contributed by atoms with Crippen LogP contribution in [-0.2, 0) is 61.6 Å². The van der Waals surface area contributed by atoms with Gasteiger partial charge in [-0.25, -0.2) is 14.4 Å². The zero-order valence-electron chi connectivity index (χ0n) is 57.5. The third-order valence-electron chi connectivity index (χ3n) is 17.0. The second-order valence-corrected chi connectivity index (χ2v) is 24.5. The maximum atomic E-state index is 17.0. The molecule has 7 aromatic rings. The molecule has 3 saturated heterocycles. The van der Waals surface area contributed by atoms with Gasteiger partial charge in [-0.1, -0.05) is 54.6 Å². The molecule has 2 amide bonds. The van der Waals surface area contributed by atoms with Gasteiger partial charge in [-0.05, 0) is 78.7 Å². The van der Waals surface area contributed by atoms with Crippen molar-refractivity contribution in [2.75, 3.05) is 238 Å². The second kappa shape index (κ2) is 39.6. The number of morpholine rings is 2. The topological polar surface area (TPSA) is 258 Å². The molecule has 540 valence electrons. The molecule has 6 heterocycles. The van der Waals surface area contributed by atoms with Gasteiger partial charge in [-0.2, -0.15) is 15.0 Å². The number of pyridine rings is 1. The number of anilines is 4. The summed E-state index contributed by atoms with van der Waals surface area (Å²) in [5.74, 6) is 1.24. The number of aromatic nitrogens is 5. The number of fused-ring (bicyclic) bond motifs is 3. The minimum Gasteiger partial charge on any atom is -0.508 e. The number of carbonyl (C=O) groups excluding carboxylic acids is 2. The van der Waals surface area contributed by atoms with E-state index in [1.165, 1.54) is 12.1 Å². The van der Waals surface area contributed by atoms with E-state index in [-0.39, 0.29) is 51.7 Å². The fourth-order valence-corrected chi connectivity index (χ4v) is 12.0. The number of hydrogen-bond donors (Lipinski definition) is 2. The molecule has 3 aliphatic heterocycles. The largest absolute Gasteiger partial charge is 0.508 e. The van der Waals surface area contributed by atoms with E-state index in [0.29, 0.717) is 244 Å². The summed E-state index contributed by atoms with van der Waals surface area (Å²) in [7, 11) is 1.81. The fraction of sp³-hybridized carbons (Fsp3) is 0.514. The number of amides is 2. The van der Waals surface area contributed by atoms with Crippen LogP contribution < -0.4 is 24.9 Å². The van der Waals surface area contributed by atoms with Crippen LogP contribution in [0, 0.1) is 5.82 Å². The average molecular weight is 1410 g/mol. The van der Waals surface area contributed by atoms with Crippen LogP contribution in [0.25, 0.3) is 55.1 Å². The number of nitrogens with one attached hydrogen (secondary N) is 1. The molecule has 2 atom stereocenters. The van der Waals surface area contributed by atoms with Crippen molar-refractivity contribution >= 4 is 79.7 Å². The monoisotopic (exact) mass is 1410 g/mol. The molecule has 3 aromatic heterocycles. The number of hydrogen-bond acceptors (Lipinski definition) is 24. The van der Waals surface area contributed by atoms with E-state index in [1.54, 1.807) is 28.0 Å². The predicted molar refractivity (Wildman–Crippen MR) is 380 cm³/mol. The molecule has 0 saturated carbocycles. The molecule has 0 aliphatic carbocycles. The van der Waals surface area contributed by atoms with Gasteiger partial charge >= 0.3 is 0 Å². The SMILES string of the molecule is C=CC(=O)N1CCN(c2nc(N(C)CCOCCOCCOCCOCCOCCOCCOCCOCCOCCOCCNC(=O)c3cccc(-c4ccc5c(N6CCOC[C@H]6C)nc(N6CCOC[C@H]6C)nc5n4)c3)nc3c(F)c(-c4cc(O)cc5ccccc45)c(Cl)cc23)CC1. The van der Waals surface area contributed by atoms with Crippen LogP contribution in [0.5, 0.6) is 5.75 Å². The molecule has 28 heteroatoms.